The SMILES string of the molecule is O=C(CCCCCn1c(=S)[nH]c2ccccc2c1=O)N1CCC(Cc2ccccc2)CC1. The summed E-state index contributed by atoms with van der Waals surface area (Å²) in [6, 6.07) is 18.1. The Balaban J connectivity index is 1.18. The van der Waals surface area contributed by atoms with Crippen LogP contribution < -0.4 is 5.56 Å². The van der Waals surface area contributed by atoms with Gasteiger partial charge in [0.05, 0.1) is 10.9 Å². The minimum absolute atomic E-state index is 0.0428. The van der Waals surface area contributed by atoms with Gasteiger partial charge in [0.15, 0.2) is 4.77 Å². The van der Waals surface area contributed by atoms with Crippen molar-refractivity contribution in [2.24, 2.45) is 5.92 Å². The second-order valence-electron chi connectivity index (χ2n) is 8.76. The molecule has 4 rings (SSSR count). The van der Waals surface area contributed by atoms with E-state index in [9.17, 15) is 9.59 Å². The number of hydrogen-bond donors (Lipinski definition) is 1. The standard InChI is InChI=1S/C26H31N3O2S/c30-24(28-17-14-21(15-18-28)19-20-9-3-1-4-10-20)13-5-2-8-16-29-25(31)22-11-6-7-12-23(22)27-26(29)32/h1,3-4,6-7,9-12,21H,2,5,8,13-19H2,(H,27,32). The zero-order valence-electron chi connectivity index (χ0n) is 18.5. The predicted octanol–water partition coefficient (Wildman–Crippen LogP) is 5.10. The van der Waals surface area contributed by atoms with E-state index < -0.39 is 0 Å². The molecule has 1 amide bonds. The summed E-state index contributed by atoms with van der Waals surface area (Å²) in [6.45, 7) is 2.33. The average molecular weight is 450 g/mol. The number of likely N-dealkylation sites (tertiary alicyclic amines) is 1. The van der Waals surface area contributed by atoms with Crippen LogP contribution >= 0.6 is 12.2 Å². The zero-order valence-corrected chi connectivity index (χ0v) is 19.3. The summed E-state index contributed by atoms with van der Waals surface area (Å²) in [4.78, 5) is 30.5. The largest absolute Gasteiger partial charge is 0.343 e. The highest BCUT2D eigenvalue weighted by molar-refractivity contribution is 7.71. The molecule has 0 spiro atoms. The van der Waals surface area contributed by atoms with Crippen molar-refractivity contribution >= 4 is 29.0 Å². The molecule has 1 fully saturated rings. The number of carbonyl (C=O) groups excluding carboxylic acids is 1. The minimum Gasteiger partial charge on any atom is -0.343 e. The molecule has 5 nitrogen and oxygen atoms in total. The fourth-order valence-electron chi connectivity index (χ4n) is 4.62. The van der Waals surface area contributed by atoms with Crippen molar-refractivity contribution in [3.05, 3.63) is 75.3 Å². The number of carbonyl (C=O) groups is 1. The van der Waals surface area contributed by atoms with E-state index in [2.05, 4.69) is 35.3 Å². The van der Waals surface area contributed by atoms with Gasteiger partial charge in [0.2, 0.25) is 5.91 Å². The van der Waals surface area contributed by atoms with Gasteiger partial charge in [-0.1, -0.05) is 48.9 Å². The number of aromatic nitrogens is 2. The summed E-state index contributed by atoms with van der Waals surface area (Å²) < 4.78 is 2.10. The highest BCUT2D eigenvalue weighted by Crippen LogP contribution is 2.22. The molecule has 1 saturated heterocycles. The van der Waals surface area contributed by atoms with Crippen LogP contribution in [-0.4, -0.2) is 33.4 Å². The van der Waals surface area contributed by atoms with Gasteiger partial charge in [0.1, 0.15) is 0 Å². The third-order valence-electron chi connectivity index (χ3n) is 6.50. The number of fused-ring (bicyclic) bond motifs is 1. The lowest BCUT2D eigenvalue weighted by molar-refractivity contribution is -0.132. The van der Waals surface area contributed by atoms with E-state index in [0.717, 1.165) is 57.1 Å². The highest BCUT2D eigenvalue weighted by Gasteiger charge is 2.22. The van der Waals surface area contributed by atoms with E-state index in [-0.39, 0.29) is 11.5 Å². The number of nitrogens with zero attached hydrogens (tertiary/aromatic N) is 2. The van der Waals surface area contributed by atoms with Gasteiger partial charge in [0, 0.05) is 26.1 Å². The Kier molecular flexibility index (Phi) is 7.53. The fraction of sp³-hybridized carbons (Fsp3) is 0.423. The number of amides is 1. The molecule has 0 saturated carbocycles. The van der Waals surface area contributed by atoms with E-state index in [0.29, 0.717) is 29.0 Å². The third kappa shape index (κ3) is 5.54. The number of para-hydroxylation sites is 1. The van der Waals surface area contributed by atoms with Gasteiger partial charge in [-0.25, -0.2) is 0 Å². The van der Waals surface area contributed by atoms with E-state index in [1.54, 1.807) is 4.57 Å². The summed E-state index contributed by atoms with van der Waals surface area (Å²) in [5.41, 5.74) is 2.12. The molecule has 1 aromatic heterocycles. The maximum absolute atomic E-state index is 12.7. The fourth-order valence-corrected chi connectivity index (χ4v) is 4.90. The summed E-state index contributed by atoms with van der Waals surface area (Å²) in [7, 11) is 0. The molecule has 0 radical (unpaired) electrons. The molecule has 0 unspecified atom stereocenters. The van der Waals surface area contributed by atoms with Crippen LogP contribution in [0, 0.1) is 10.7 Å². The Bertz CT molecular complexity index is 1160. The number of benzene rings is 2. The monoisotopic (exact) mass is 449 g/mol. The van der Waals surface area contributed by atoms with E-state index in [1.807, 2.05) is 29.2 Å². The predicted molar refractivity (Wildman–Crippen MR) is 131 cm³/mol. The van der Waals surface area contributed by atoms with Gasteiger partial charge in [-0.15, -0.1) is 0 Å². The van der Waals surface area contributed by atoms with Crippen LogP contribution in [-0.2, 0) is 17.8 Å². The first-order chi connectivity index (χ1) is 15.6. The third-order valence-corrected chi connectivity index (χ3v) is 6.82. The van der Waals surface area contributed by atoms with Crippen LogP contribution in [0.1, 0.15) is 44.1 Å². The molecular formula is C26H31N3O2S. The molecule has 2 aromatic carbocycles. The van der Waals surface area contributed by atoms with E-state index in [4.69, 9.17) is 12.2 Å². The van der Waals surface area contributed by atoms with Crippen molar-refractivity contribution in [3.8, 4) is 0 Å². The molecule has 0 bridgehead atoms. The molecule has 3 aromatic rings. The van der Waals surface area contributed by atoms with Crippen LogP contribution in [0.25, 0.3) is 10.9 Å². The summed E-state index contributed by atoms with van der Waals surface area (Å²) in [6.07, 6.45) is 6.46. The van der Waals surface area contributed by atoms with E-state index >= 15 is 0 Å². The Hall–Kier alpha value is -2.73. The lowest BCUT2D eigenvalue weighted by atomic mass is 9.90. The number of rotatable bonds is 8. The quantitative estimate of drug-likeness (QED) is 0.384. The first-order valence-electron chi connectivity index (χ1n) is 11.7. The minimum atomic E-state index is -0.0428. The lowest BCUT2D eigenvalue weighted by Crippen LogP contribution is -2.38. The molecular weight excluding hydrogens is 418 g/mol. The van der Waals surface area contributed by atoms with Gasteiger partial charge in [-0.05, 0) is 67.9 Å². The molecule has 1 aliphatic rings. The van der Waals surface area contributed by atoms with Crippen molar-refractivity contribution in [1.82, 2.24) is 14.5 Å². The number of hydrogen-bond acceptors (Lipinski definition) is 3. The van der Waals surface area contributed by atoms with Crippen LogP contribution in [0.5, 0.6) is 0 Å². The molecule has 1 N–H and O–H groups in total. The zero-order chi connectivity index (χ0) is 22.3. The summed E-state index contributed by atoms with van der Waals surface area (Å²) >= 11 is 5.37. The van der Waals surface area contributed by atoms with Crippen molar-refractivity contribution in [2.75, 3.05) is 13.1 Å². The Morgan fingerprint density at radius 3 is 2.47 bits per heavy atom. The number of H-pyrrole nitrogens is 1. The maximum atomic E-state index is 12.7. The van der Waals surface area contributed by atoms with E-state index in [1.165, 1.54) is 5.56 Å². The van der Waals surface area contributed by atoms with Crippen LogP contribution in [0.2, 0.25) is 0 Å². The molecule has 168 valence electrons. The number of aromatic amines is 1. The first-order valence-corrected chi connectivity index (χ1v) is 12.1. The molecule has 0 atom stereocenters. The van der Waals surface area contributed by atoms with Gasteiger partial charge in [0.25, 0.3) is 5.56 Å². The second-order valence-corrected chi connectivity index (χ2v) is 9.14. The molecule has 2 heterocycles. The lowest BCUT2D eigenvalue weighted by Gasteiger charge is -2.32. The Morgan fingerprint density at radius 1 is 0.969 bits per heavy atom. The summed E-state index contributed by atoms with van der Waals surface area (Å²) in [5.74, 6) is 0.939. The van der Waals surface area contributed by atoms with Crippen LogP contribution in [0.4, 0.5) is 0 Å². The van der Waals surface area contributed by atoms with Crippen LogP contribution in [0.15, 0.2) is 59.4 Å². The molecule has 1 aliphatic heterocycles. The Labute approximate surface area is 194 Å². The van der Waals surface area contributed by atoms with Crippen LogP contribution in [0.3, 0.4) is 0 Å². The second kappa shape index (κ2) is 10.7. The maximum Gasteiger partial charge on any atom is 0.262 e. The highest BCUT2D eigenvalue weighted by atomic mass is 32.1. The smallest absolute Gasteiger partial charge is 0.262 e. The van der Waals surface area contributed by atoms with Gasteiger partial charge in [-0.3, -0.25) is 14.2 Å². The number of piperidine rings is 1. The van der Waals surface area contributed by atoms with Crippen molar-refractivity contribution in [2.45, 2.75) is 51.5 Å². The normalized spacial score (nSPS) is 14.7. The molecule has 6 heteroatoms. The van der Waals surface area contributed by atoms with Crippen molar-refractivity contribution in [3.63, 3.8) is 0 Å². The number of nitrogens with one attached hydrogen (secondary N) is 1. The van der Waals surface area contributed by atoms with Crippen molar-refractivity contribution in [1.29, 1.82) is 0 Å². The summed E-state index contributed by atoms with van der Waals surface area (Å²) in [5, 5.41) is 0.659. The van der Waals surface area contributed by atoms with Gasteiger partial charge in [-0.2, -0.15) is 0 Å². The van der Waals surface area contributed by atoms with Crippen molar-refractivity contribution < 1.29 is 4.79 Å². The van der Waals surface area contributed by atoms with Gasteiger partial charge < -0.3 is 9.88 Å². The average Bonchev–Trinajstić information content (AvgIpc) is 2.82. The molecule has 0 aliphatic carbocycles. The Morgan fingerprint density at radius 2 is 1.69 bits per heavy atom. The topological polar surface area (TPSA) is 58.1 Å². The van der Waals surface area contributed by atoms with Gasteiger partial charge >= 0.3 is 0 Å². The molecule has 32 heavy (non-hydrogen) atoms. The first kappa shape index (κ1) is 22.5. The number of unbranched alkanes of at least 4 members (excludes halogenated alkanes) is 2.